The van der Waals surface area contributed by atoms with Crippen molar-refractivity contribution in [2.24, 2.45) is 0 Å². The Morgan fingerprint density at radius 1 is 1.00 bits per heavy atom. The van der Waals surface area contributed by atoms with Crippen molar-refractivity contribution in [1.29, 1.82) is 0 Å². The van der Waals surface area contributed by atoms with Crippen LogP contribution in [0.15, 0.2) is 24.3 Å². The Balaban J connectivity index is 0.00000121. The lowest BCUT2D eigenvalue weighted by Gasteiger charge is -2.18. The molecule has 0 aliphatic rings. The summed E-state index contributed by atoms with van der Waals surface area (Å²) in [4.78, 5) is 0. The summed E-state index contributed by atoms with van der Waals surface area (Å²) in [5, 5.41) is 0.804. The molecule has 0 unspecified atom stereocenters. The van der Waals surface area contributed by atoms with Crippen molar-refractivity contribution < 1.29 is 0 Å². The van der Waals surface area contributed by atoms with Gasteiger partial charge in [-0.25, -0.2) is 0 Å². The predicted molar refractivity (Wildman–Crippen MR) is 56.9 cm³/mol. The van der Waals surface area contributed by atoms with Crippen molar-refractivity contribution in [2.45, 2.75) is 33.6 Å². The van der Waals surface area contributed by atoms with Gasteiger partial charge in [-0.1, -0.05) is 51.9 Å². The molecule has 0 atom stereocenters. The molecule has 0 aliphatic heterocycles. The zero-order valence-corrected chi connectivity index (χ0v) is 7.94. The molecule has 0 aliphatic carbocycles. The fourth-order valence-corrected chi connectivity index (χ4v) is 1.08. The monoisotopic (exact) mass is 184 g/mol. The second kappa shape index (κ2) is 3.95. The molecule has 0 radical (unpaired) electrons. The van der Waals surface area contributed by atoms with Gasteiger partial charge >= 0.3 is 0 Å². The molecule has 0 heterocycles. The van der Waals surface area contributed by atoms with E-state index in [0.29, 0.717) is 0 Å². The summed E-state index contributed by atoms with van der Waals surface area (Å²) >= 11 is 5.76. The normalized spacial score (nSPS) is 10.7. The molecule has 0 spiro atoms. The number of benzene rings is 1. The molecule has 0 aromatic heterocycles. The molecule has 0 bridgehead atoms. The minimum absolute atomic E-state index is 0. The van der Waals surface area contributed by atoms with Gasteiger partial charge in [0.2, 0.25) is 0 Å². The molecule has 1 aromatic carbocycles. The van der Waals surface area contributed by atoms with Crippen molar-refractivity contribution in [3.63, 3.8) is 0 Å². The highest BCUT2D eigenvalue weighted by Crippen LogP contribution is 2.23. The third-order valence-corrected chi connectivity index (χ3v) is 1.96. The summed E-state index contributed by atoms with van der Waals surface area (Å²) in [5.41, 5.74) is 1.55. The Kier molecular flexibility index (Phi) is 3.79. The highest BCUT2D eigenvalue weighted by atomic mass is 35.5. The second-order valence-electron chi connectivity index (χ2n) is 3.76. The van der Waals surface area contributed by atoms with E-state index in [1.165, 1.54) is 5.56 Å². The van der Waals surface area contributed by atoms with Crippen LogP contribution in [-0.4, -0.2) is 0 Å². The molecule has 12 heavy (non-hydrogen) atoms. The fraction of sp³-hybridized carbons (Fsp3) is 0.455. The molecule has 0 amide bonds. The largest absolute Gasteiger partial charge is 0.0843 e. The Labute approximate surface area is 80.6 Å². The van der Waals surface area contributed by atoms with Gasteiger partial charge in [-0.3, -0.25) is 0 Å². The van der Waals surface area contributed by atoms with E-state index in [-0.39, 0.29) is 12.8 Å². The molecular formula is C11H17Cl. The van der Waals surface area contributed by atoms with Crippen LogP contribution in [0.25, 0.3) is 0 Å². The van der Waals surface area contributed by atoms with Gasteiger partial charge in [0.05, 0.1) is 0 Å². The van der Waals surface area contributed by atoms with Crippen LogP contribution >= 0.6 is 11.6 Å². The molecule has 68 valence electrons. The Hall–Kier alpha value is -0.490. The maximum absolute atomic E-state index is 5.76. The molecule has 0 N–H and O–H groups in total. The quantitative estimate of drug-likeness (QED) is 0.565. The lowest BCUT2D eigenvalue weighted by atomic mass is 9.87. The van der Waals surface area contributed by atoms with Crippen molar-refractivity contribution >= 4 is 11.6 Å². The smallest absolute Gasteiger partial charge is 0.0406 e. The van der Waals surface area contributed by atoms with Crippen molar-refractivity contribution in [3.05, 3.63) is 34.9 Å². The van der Waals surface area contributed by atoms with Crippen LogP contribution in [-0.2, 0) is 5.41 Å². The van der Waals surface area contributed by atoms with Crippen LogP contribution in [0.1, 0.15) is 33.8 Å². The van der Waals surface area contributed by atoms with Crippen LogP contribution in [0.3, 0.4) is 0 Å². The minimum Gasteiger partial charge on any atom is -0.0843 e. The first-order valence-electron chi connectivity index (χ1n) is 3.76. The average molecular weight is 185 g/mol. The van der Waals surface area contributed by atoms with E-state index in [2.05, 4.69) is 32.9 Å². The van der Waals surface area contributed by atoms with E-state index in [1.807, 2.05) is 12.1 Å². The summed E-state index contributed by atoms with van der Waals surface area (Å²) in [5.74, 6) is 0. The lowest BCUT2D eigenvalue weighted by Crippen LogP contribution is -2.10. The van der Waals surface area contributed by atoms with Gasteiger partial charge in [-0.15, -0.1) is 0 Å². The molecule has 0 nitrogen and oxygen atoms in total. The standard InChI is InChI=1S/C10H13Cl.CH4/c1-10(2,3)8-4-6-9(11)7-5-8;/h4-7H,1-3H3;1H4. The molecule has 0 fully saturated rings. The molecule has 1 aromatic rings. The molecule has 1 heteroatoms. The Morgan fingerprint density at radius 2 is 1.42 bits per heavy atom. The summed E-state index contributed by atoms with van der Waals surface area (Å²) in [6.45, 7) is 6.57. The number of hydrogen-bond acceptors (Lipinski definition) is 0. The highest BCUT2D eigenvalue weighted by Gasteiger charge is 2.12. The van der Waals surface area contributed by atoms with E-state index >= 15 is 0 Å². The van der Waals surface area contributed by atoms with Gasteiger partial charge in [0.25, 0.3) is 0 Å². The van der Waals surface area contributed by atoms with Gasteiger partial charge in [-0.05, 0) is 23.1 Å². The van der Waals surface area contributed by atoms with E-state index in [9.17, 15) is 0 Å². The molecule has 0 saturated carbocycles. The summed E-state index contributed by atoms with van der Waals surface area (Å²) < 4.78 is 0. The van der Waals surface area contributed by atoms with Crippen LogP contribution < -0.4 is 0 Å². The molecule has 0 saturated heterocycles. The highest BCUT2D eigenvalue weighted by molar-refractivity contribution is 6.30. The summed E-state index contributed by atoms with van der Waals surface area (Å²) in [7, 11) is 0. The first-order valence-corrected chi connectivity index (χ1v) is 4.14. The summed E-state index contributed by atoms with van der Waals surface area (Å²) in [6.07, 6.45) is 0. The fourth-order valence-electron chi connectivity index (χ4n) is 0.950. The Morgan fingerprint density at radius 3 is 1.75 bits per heavy atom. The molecular weight excluding hydrogens is 168 g/mol. The van der Waals surface area contributed by atoms with E-state index in [0.717, 1.165) is 5.02 Å². The molecule has 1 rings (SSSR count). The zero-order chi connectivity index (χ0) is 8.48. The van der Waals surface area contributed by atoms with Gasteiger partial charge in [-0.2, -0.15) is 0 Å². The SMILES string of the molecule is C.CC(C)(C)c1ccc(Cl)cc1. The first kappa shape index (κ1) is 11.5. The van der Waals surface area contributed by atoms with Gasteiger partial charge in [0.1, 0.15) is 0 Å². The van der Waals surface area contributed by atoms with E-state index in [1.54, 1.807) is 0 Å². The third-order valence-electron chi connectivity index (χ3n) is 1.71. The maximum atomic E-state index is 5.76. The van der Waals surface area contributed by atoms with E-state index < -0.39 is 0 Å². The van der Waals surface area contributed by atoms with Gasteiger partial charge < -0.3 is 0 Å². The van der Waals surface area contributed by atoms with Gasteiger partial charge in [0, 0.05) is 5.02 Å². The number of halogens is 1. The predicted octanol–water partition coefficient (Wildman–Crippen LogP) is 4.27. The second-order valence-corrected chi connectivity index (χ2v) is 4.19. The van der Waals surface area contributed by atoms with Crippen LogP contribution in [0, 0.1) is 0 Å². The zero-order valence-electron chi connectivity index (χ0n) is 7.19. The van der Waals surface area contributed by atoms with E-state index in [4.69, 9.17) is 11.6 Å². The third kappa shape index (κ3) is 2.86. The summed E-state index contributed by atoms with van der Waals surface area (Å²) in [6, 6.07) is 8.01. The maximum Gasteiger partial charge on any atom is 0.0406 e. The van der Waals surface area contributed by atoms with Crippen LogP contribution in [0.5, 0.6) is 0 Å². The van der Waals surface area contributed by atoms with Crippen molar-refractivity contribution in [2.75, 3.05) is 0 Å². The number of hydrogen-bond donors (Lipinski definition) is 0. The first-order chi connectivity index (χ1) is 5.00. The van der Waals surface area contributed by atoms with Crippen molar-refractivity contribution in [1.82, 2.24) is 0 Å². The van der Waals surface area contributed by atoms with Crippen molar-refractivity contribution in [3.8, 4) is 0 Å². The number of rotatable bonds is 0. The Bertz CT molecular complexity index is 228. The van der Waals surface area contributed by atoms with Crippen LogP contribution in [0.2, 0.25) is 5.02 Å². The average Bonchev–Trinajstić information content (AvgIpc) is 1.86. The van der Waals surface area contributed by atoms with Crippen LogP contribution in [0.4, 0.5) is 0 Å². The topological polar surface area (TPSA) is 0 Å². The van der Waals surface area contributed by atoms with Gasteiger partial charge in [0.15, 0.2) is 0 Å². The lowest BCUT2D eigenvalue weighted by molar-refractivity contribution is 0.590. The minimum atomic E-state index is 0.